The third kappa shape index (κ3) is 3.18. The lowest BCUT2D eigenvalue weighted by atomic mass is 9.91. The van der Waals surface area contributed by atoms with E-state index in [0.717, 1.165) is 0 Å². The molecule has 3 N–H and O–H groups in total. The summed E-state index contributed by atoms with van der Waals surface area (Å²) in [5.74, 6) is 1.77. The first-order valence-electron chi connectivity index (χ1n) is 6.43. The van der Waals surface area contributed by atoms with Crippen LogP contribution in [0, 0.1) is 0 Å². The highest BCUT2D eigenvalue weighted by molar-refractivity contribution is 6.07. The first-order valence-corrected chi connectivity index (χ1v) is 6.43. The summed E-state index contributed by atoms with van der Waals surface area (Å²) in [5.41, 5.74) is 8.19. The Balaban J connectivity index is 2.57. The molecule has 0 saturated heterocycles. The molecule has 0 unspecified atom stereocenters. The van der Waals surface area contributed by atoms with Crippen LogP contribution in [-0.2, 0) is 0 Å². The summed E-state index contributed by atoms with van der Waals surface area (Å²) in [5, 5.41) is 4.08. The zero-order valence-electron chi connectivity index (χ0n) is 12.5. The predicted molar refractivity (Wildman–Crippen MR) is 78.1 cm³/mol. The van der Waals surface area contributed by atoms with Crippen LogP contribution in [0.3, 0.4) is 0 Å². The molecule has 0 spiro atoms. The average Bonchev–Trinajstić information content (AvgIpc) is 2.41. The topological polar surface area (TPSA) is 95.2 Å². The minimum Gasteiger partial charge on any atom is -0.496 e. The highest BCUT2D eigenvalue weighted by Crippen LogP contribution is 2.41. The zero-order valence-corrected chi connectivity index (χ0v) is 12.5. The number of nitrogens with one attached hydrogen (secondary N) is 1. The van der Waals surface area contributed by atoms with Crippen molar-refractivity contribution >= 4 is 11.7 Å². The number of primary amides is 1. The monoisotopic (exact) mass is 293 g/mol. The number of fused-ring (bicyclic) bond motifs is 1. The molecular weight excluding hydrogens is 274 g/mol. The third-order valence-corrected chi connectivity index (χ3v) is 3.06. The van der Waals surface area contributed by atoms with E-state index in [-0.39, 0.29) is 0 Å². The SMILES string of the molecule is COc1cc(OC)c2c(c1)OC(C)(C)CC2=NNC(N)=O. The summed E-state index contributed by atoms with van der Waals surface area (Å²) in [6, 6.07) is 2.78. The van der Waals surface area contributed by atoms with E-state index in [1.54, 1.807) is 26.4 Å². The van der Waals surface area contributed by atoms with Gasteiger partial charge in [0.1, 0.15) is 22.8 Å². The van der Waals surface area contributed by atoms with Gasteiger partial charge in [0, 0.05) is 18.6 Å². The Kier molecular flexibility index (Phi) is 3.93. The summed E-state index contributed by atoms with van der Waals surface area (Å²) in [6.07, 6.45) is 0.503. The number of hydrogen-bond donors (Lipinski definition) is 2. The Morgan fingerprint density at radius 2 is 2.10 bits per heavy atom. The van der Waals surface area contributed by atoms with Crippen molar-refractivity contribution in [2.75, 3.05) is 14.2 Å². The standard InChI is InChI=1S/C14H19N3O4/c1-14(2)7-9(16-17-13(15)18)12-10(20-4)5-8(19-3)6-11(12)21-14/h5-6H,7H2,1-4H3,(H3,15,17,18). The maximum atomic E-state index is 10.9. The predicted octanol–water partition coefficient (Wildman–Crippen LogP) is 1.64. The Labute approximate surface area is 123 Å². The molecule has 0 bridgehead atoms. The van der Waals surface area contributed by atoms with Crippen molar-refractivity contribution in [1.29, 1.82) is 0 Å². The molecular formula is C14H19N3O4. The molecule has 21 heavy (non-hydrogen) atoms. The van der Waals surface area contributed by atoms with Crippen LogP contribution < -0.4 is 25.4 Å². The molecule has 0 atom stereocenters. The molecule has 7 nitrogen and oxygen atoms in total. The molecule has 1 aromatic rings. The maximum Gasteiger partial charge on any atom is 0.332 e. The van der Waals surface area contributed by atoms with Crippen LogP contribution >= 0.6 is 0 Å². The fourth-order valence-corrected chi connectivity index (χ4v) is 2.25. The second kappa shape index (κ2) is 5.51. The Hall–Kier alpha value is -2.44. The van der Waals surface area contributed by atoms with E-state index in [2.05, 4.69) is 10.5 Å². The molecule has 1 heterocycles. The molecule has 2 rings (SSSR count). The van der Waals surface area contributed by atoms with Gasteiger partial charge in [0.05, 0.1) is 25.5 Å². The van der Waals surface area contributed by atoms with E-state index < -0.39 is 11.6 Å². The van der Waals surface area contributed by atoms with Gasteiger partial charge in [-0.05, 0) is 13.8 Å². The van der Waals surface area contributed by atoms with Crippen molar-refractivity contribution in [2.24, 2.45) is 10.8 Å². The van der Waals surface area contributed by atoms with E-state index in [4.69, 9.17) is 19.9 Å². The number of rotatable bonds is 3. The van der Waals surface area contributed by atoms with Gasteiger partial charge in [-0.3, -0.25) is 0 Å². The Bertz CT molecular complexity index is 596. The fraction of sp³-hybridized carbons (Fsp3) is 0.429. The summed E-state index contributed by atoms with van der Waals surface area (Å²) in [6.45, 7) is 3.86. The highest BCUT2D eigenvalue weighted by Gasteiger charge is 2.34. The number of benzene rings is 1. The van der Waals surface area contributed by atoms with Crippen LogP contribution in [0.4, 0.5) is 4.79 Å². The summed E-state index contributed by atoms with van der Waals surface area (Å²) in [7, 11) is 3.12. The molecule has 2 amide bonds. The molecule has 114 valence electrons. The molecule has 0 aromatic heterocycles. The normalized spacial score (nSPS) is 17.6. The number of hydrogen-bond acceptors (Lipinski definition) is 5. The Morgan fingerprint density at radius 1 is 1.38 bits per heavy atom. The van der Waals surface area contributed by atoms with Crippen molar-refractivity contribution in [1.82, 2.24) is 5.43 Å². The van der Waals surface area contributed by atoms with Crippen LogP contribution in [-0.4, -0.2) is 31.6 Å². The van der Waals surface area contributed by atoms with Crippen LogP contribution in [0.15, 0.2) is 17.2 Å². The molecule has 0 radical (unpaired) electrons. The van der Waals surface area contributed by atoms with Gasteiger partial charge in [-0.25, -0.2) is 10.2 Å². The summed E-state index contributed by atoms with van der Waals surface area (Å²) >= 11 is 0. The van der Waals surface area contributed by atoms with Crippen molar-refractivity contribution < 1.29 is 19.0 Å². The number of methoxy groups -OCH3 is 2. The van der Waals surface area contributed by atoms with E-state index in [0.29, 0.717) is 34.9 Å². The van der Waals surface area contributed by atoms with Gasteiger partial charge in [-0.2, -0.15) is 5.10 Å². The lowest BCUT2D eigenvalue weighted by Crippen LogP contribution is -2.38. The number of hydrazone groups is 1. The fourth-order valence-electron chi connectivity index (χ4n) is 2.25. The van der Waals surface area contributed by atoms with Crippen LogP contribution in [0.25, 0.3) is 0 Å². The second-order valence-corrected chi connectivity index (χ2v) is 5.28. The van der Waals surface area contributed by atoms with Crippen molar-refractivity contribution in [3.05, 3.63) is 17.7 Å². The lowest BCUT2D eigenvalue weighted by molar-refractivity contribution is 0.110. The minimum absolute atomic E-state index is 0.470. The number of ether oxygens (including phenoxy) is 3. The average molecular weight is 293 g/mol. The quantitative estimate of drug-likeness (QED) is 0.828. The number of carbonyl (C=O) groups excluding carboxylic acids is 1. The molecule has 7 heteroatoms. The number of amides is 2. The number of nitrogens with zero attached hydrogens (tertiary/aromatic N) is 1. The van der Waals surface area contributed by atoms with Crippen molar-refractivity contribution in [3.8, 4) is 17.2 Å². The van der Waals surface area contributed by atoms with Gasteiger partial charge in [0.15, 0.2) is 0 Å². The maximum absolute atomic E-state index is 10.9. The molecule has 1 aliphatic rings. The van der Waals surface area contributed by atoms with Gasteiger partial charge in [0.2, 0.25) is 0 Å². The van der Waals surface area contributed by atoms with Gasteiger partial charge in [0.25, 0.3) is 0 Å². The lowest BCUT2D eigenvalue weighted by Gasteiger charge is -2.34. The van der Waals surface area contributed by atoms with E-state index in [1.165, 1.54) is 0 Å². The van der Waals surface area contributed by atoms with Gasteiger partial charge >= 0.3 is 6.03 Å². The minimum atomic E-state index is -0.721. The van der Waals surface area contributed by atoms with E-state index in [9.17, 15) is 4.79 Å². The number of nitrogens with two attached hydrogens (primary N) is 1. The van der Waals surface area contributed by atoms with Crippen LogP contribution in [0.5, 0.6) is 17.2 Å². The van der Waals surface area contributed by atoms with Crippen LogP contribution in [0.1, 0.15) is 25.8 Å². The van der Waals surface area contributed by atoms with Crippen molar-refractivity contribution in [3.63, 3.8) is 0 Å². The third-order valence-electron chi connectivity index (χ3n) is 3.06. The largest absolute Gasteiger partial charge is 0.496 e. The Morgan fingerprint density at radius 3 is 2.67 bits per heavy atom. The first kappa shape index (κ1) is 15.0. The molecule has 0 fully saturated rings. The van der Waals surface area contributed by atoms with E-state index in [1.807, 2.05) is 13.8 Å². The van der Waals surface area contributed by atoms with E-state index >= 15 is 0 Å². The molecule has 1 aromatic carbocycles. The molecule has 0 aliphatic carbocycles. The van der Waals surface area contributed by atoms with Crippen molar-refractivity contribution in [2.45, 2.75) is 25.9 Å². The van der Waals surface area contributed by atoms with Gasteiger partial charge < -0.3 is 19.9 Å². The summed E-state index contributed by atoms with van der Waals surface area (Å²) < 4.78 is 16.6. The summed E-state index contributed by atoms with van der Waals surface area (Å²) in [4.78, 5) is 10.9. The molecule has 0 saturated carbocycles. The van der Waals surface area contributed by atoms with Crippen LogP contribution in [0.2, 0.25) is 0 Å². The smallest absolute Gasteiger partial charge is 0.332 e. The van der Waals surface area contributed by atoms with Gasteiger partial charge in [-0.1, -0.05) is 0 Å². The molecule has 1 aliphatic heterocycles. The number of carbonyl (C=O) groups is 1. The highest BCUT2D eigenvalue weighted by atomic mass is 16.5. The zero-order chi connectivity index (χ0) is 15.6. The number of urea groups is 1. The van der Waals surface area contributed by atoms with Gasteiger partial charge in [-0.15, -0.1) is 0 Å². The first-order chi connectivity index (χ1) is 9.86. The second-order valence-electron chi connectivity index (χ2n) is 5.28.